The molecule has 0 aromatic rings. The molecule has 0 spiro atoms. The van der Waals surface area contributed by atoms with E-state index in [1.807, 2.05) is 6.92 Å². The topological polar surface area (TPSA) is 56.4 Å². The summed E-state index contributed by atoms with van der Waals surface area (Å²) in [7, 11) is 0. The molecule has 4 nitrogen and oxygen atoms in total. The van der Waals surface area contributed by atoms with E-state index in [2.05, 4.69) is 104 Å². The van der Waals surface area contributed by atoms with Gasteiger partial charge in [-0.05, 0) is 0 Å². The first-order valence-electron chi connectivity index (χ1n) is 10.8. The minimum Gasteiger partial charge on any atom is -0.673 e. The van der Waals surface area contributed by atoms with Crippen molar-refractivity contribution in [3.05, 3.63) is 21.3 Å². The second-order valence-electron chi connectivity index (χ2n) is 10.7. The summed E-state index contributed by atoms with van der Waals surface area (Å²) in [4.78, 5) is 0. The first-order valence-corrected chi connectivity index (χ1v) is 10.8. The fraction of sp³-hybridized carbons (Fsp3) is 1.00. The van der Waals surface area contributed by atoms with Gasteiger partial charge < -0.3 is 21.3 Å². The van der Waals surface area contributed by atoms with E-state index in [9.17, 15) is 0 Å². The van der Waals surface area contributed by atoms with Crippen LogP contribution in [0, 0.1) is 11.8 Å². The Bertz CT molecular complexity index is 313. The molecule has 0 aromatic carbocycles. The average molecular weight is 442 g/mol. The van der Waals surface area contributed by atoms with Gasteiger partial charge in [-0.25, -0.2) is 6.17 Å². The molecule has 5 heteroatoms. The van der Waals surface area contributed by atoms with Gasteiger partial charge in [-0.15, -0.1) is 43.2 Å². The Morgan fingerprint density at radius 3 is 1.07 bits per heavy atom. The summed E-state index contributed by atoms with van der Waals surface area (Å²) in [5.41, 5.74) is 0.0440. The molecule has 0 saturated carbocycles. The zero-order valence-electron chi connectivity index (χ0n) is 21.1. The summed E-state index contributed by atoms with van der Waals surface area (Å²) >= 11 is 0. The molecule has 0 N–H and O–H groups in total. The van der Waals surface area contributed by atoms with Crippen molar-refractivity contribution in [2.24, 2.45) is 11.8 Å². The normalized spacial score (nSPS) is 14.6. The van der Waals surface area contributed by atoms with Crippen molar-refractivity contribution < 1.29 is 16.8 Å². The van der Waals surface area contributed by atoms with E-state index in [1.54, 1.807) is 0 Å². The predicted octanol–water partition coefficient (Wildman–Crippen LogP) is 7.89. The monoisotopic (exact) mass is 441 g/mol. The van der Waals surface area contributed by atoms with Crippen LogP contribution >= 0.6 is 0 Å². The number of hydrogen-bond acceptors (Lipinski definition) is 0. The zero-order chi connectivity index (χ0) is 21.8. The molecule has 0 aromatic heterocycles. The maximum atomic E-state index is 4.63. The summed E-state index contributed by atoms with van der Waals surface area (Å²) in [5, 5.41) is 18.3. The van der Waals surface area contributed by atoms with Crippen LogP contribution in [0.4, 0.5) is 0 Å². The molecule has 2 atom stereocenters. The molecule has 0 heterocycles. The van der Waals surface area contributed by atoms with Crippen LogP contribution in [-0.2, 0) is 16.8 Å². The summed E-state index contributed by atoms with van der Waals surface area (Å²) in [6.07, 6.45) is 1.20. The van der Waals surface area contributed by atoms with E-state index < -0.39 is 0 Å². The molecule has 175 valence electrons. The van der Waals surface area contributed by atoms with Crippen LogP contribution < -0.4 is 0 Å². The van der Waals surface area contributed by atoms with Gasteiger partial charge >= 0.3 is 0 Å². The molecule has 28 heavy (non-hydrogen) atoms. The number of hydrogen-bond donors (Lipinski definition) is 0. The molecule has 0 aliphatic carbocycles. The molecule has 0 rings (SSSR count). The third-order valence-electron chi connectivity index (χ3n) is 3.39. The maximum absolute atomic E-state index is 4.63. The fourth-order valence-electron chi connectivity index (χ4n) is 2.57. The maximum Gasteiger partial charge on any atom is 0 e. The Morgan fingerprint density at radius 1 is 0.571 bits per heavy atom. The Kier molecular flexibility index (Phi) is 19.0. The molecule has 0 fully saturated rings. The van der Waals surface area contributed by atoms with E-state index in [0.717, 1.165) is 19.5 Å². The zero-order valence-corrected chi connectivity index (χ0v) is 22.2. The quantitative estimate of drug-likeness (QED) is 0.331. The predicted molar refractivity (Wildman–Crippen MR) is 125 cm³/mol. The van der Waals surface area contributed by atoms with E-state index in [0.29, 0.717) is 23.9 Å². The van der Waals surface area contributed by atoms with E-state index in [-0.39, 0.29) is 34.0 Å². The minimum absolute atomic E-state index is 0. The van der Waals surface area contributed by atoms with Gasteiger partial charge in [0.05, 0.1) is 0 Å². The molecule has 0 amide bonds. The van der Waals surface area contributed by atoms with Crippen molar-refractivity contribution in [2.75, 3.05) is 13.1 Å². The average Bonchev–Trinajstić information content (AvgIpc) is 2.39. The van der Waals surface area contributed by atoms with Gasteiger partial charge in [-0.2, -0.15) is 0 Å². The first-order chi connectivity index (χ1) is 12.0. The second kappa shape index (κ2) is 16.1. The minimum atomic E-state index is 0. The van der Waals surface area contributed by atoms with Crippen LogP contribution in [0.25, 0.3) is 21.3 Å². The van der Waals surface area contributed by atoms with Crippen molar-refractivity contribution in [3.8, 4) is 0 Å². The Hall–Kier alpha value is 0.346. The molecule has 2 unspecified atom stereocenters. The SMILES string of the molecule is CC(C)C[N-]C(C)CC(C)[N-]CC(C)C.CC([N-]C(C)(C)C)[N-]C(C)(C)C.[Co]. The van der Waals surface area contributed by atoms with Gasteiger partial charge in [-0.1, -0.05) is 101 Å². The summed E-state index contributed by atoms with van der Waals surface area (Å²) in [6, 6.07) is 0.914. The van der Waals surface area contributed by atoms with Gasteiger partial charge in [0.15, 0.2) is 0 Å². The standard InChI is InChI=1S/C13H28N2.C10H22N2.Co/c1-10(2)8-14-12(5)7-13(6)15-9-11(3)4;1-8(11-9(2,3)4)12-10(5,6)7;/h10-13H,7-9H2,1-6H3;8H,1-7H3;/q2*-2;. The van der Waals surface area contributed by atoms with Crippen LogP contribution in [0.5, 0.6) is 0 Å². The first kappa shape index (κ1) is 33.0. The van der Waals surface area contributed by atoms with Crippen LogP contribution in [0.3, 0.4) is 0 Å². The largest absolute Gasteiger partial charge is 0.673 e. The number of rotatable bonds is 10. The third kappa shape index (κ3) is 28.6. The molecule has 0 aliphatic rings. The van der Waals surface area contributed by atoms with E-state index in [1.165, 1.54) is 0 Å². The van der Waals surface area contributed by atoms with Crippen molar-refractivity contribution in [3.63, 3.8) is 0 Å². The van der Waals surface area contributed by atoms with Crippen LogP contribution in [-0.4, -0.2) is 42.4 Å². The summed E-state index contributed by atoms with van der Waals surface area (Å²) in [6.45, 7) is 29.8. The molecule has 0 bridgehead atoms. The molecular formula is C23H50CoN4-4. The van der Waals surface area contributed by atoms with E-state index >= 15 is 0 Å². The van der Waals surface area contributed by atoms with Crippen LogP contribution in [0.1, 0.15) is 96.4 Å². The van der Waals surface area contributed by atoms with Gasteiger partial charge in [0.2, 0.25) is 0 Å². The molecule has 0 saturated heterocycles. The van der Waals surface area contributed by atoms with Crippen molar-refractivity contribution >= 4 is 0 Å². The molecule has 1 radical (unpaired) electrons. The van der Waals surface area contributed by atoms with Crippen molar-refractivity contribution in [2.45, 2.75) is 126 Å². The Morgan fingerprint density at radius 2 is 0.857 bits per heavy atom. The molecule has 0 aliphatic heterocycles. The van der Waals surface area contributed by atoms with Gasteiger partial charge in [0.1, 0.15) is 0 Å². The molecular weight excluding hydrogens is 391 g/mol. The smallest absolute Gasteiger partial charge is 0 e. The van der Waals surface area contributed by atoms with Gasteiger partial charge in [-0.3, -0.25) is 0 Å². The van der Waals surface area contributed by atoms with Crippen molar-refractivity contribution in [1.82, 2.24) is 0 Å². The second-order valence-corrected chi connectivity index (χ2v) is 10.7. The van der Waals surface area contributed by atoms with Gasteiger partial charge in [0.25, 0.3) is 0 Å². The van der Waals surface area contributed by atoms with E-state index in [4.69, 9.17) is 0 Å². The summed E-state index contributed by atoms with van der Waals surface area (Å²) in [5.74, 6) is 1.35. The summed E-state index contributed by atoms with van der Waals surface area (Å²) < 4.78 is 0. The Labute approximate surface area is 188 Å². The van der Waals surface area contributed by atoms with Crippen LogP contribution in [0.15, 0.2) is 0 Å². The Balaban J connectivity index is -0.000000441. The third-order valence-corrected chi connectivity index (χ3v) is 3.39. The van der Waals surface area contributed by atoms with Gasteiger partial charge in [0, 0.05) is 16.8 Å². The van der Waals surface area contributed by atoms with Crippen molar-refractivity contribution in [1.29, 1.82) is 0 Å². The van der Waals surface area contributed by atoms with Crippen LogP contribution in [0.2, 0.25) is 0 Å². The number of nitrogens with zero attached hydrogens (tertiary/aromatic N) is 4. The fourth-order valence-corrected chi connectivity index (χ4v) is 2.57.